The maximum Gasteiger partial charge on any atom is 0.305 e. The topological polar surface area (TPSA) is 52.6 Å². The lowest BCUT2D eigenvalue weighted by molar-refractivity contribution is -0.137. The second-order valence-corrected chi connectivity index (χ2v) is 4.99. The molecule has 104 valence electrons. The zero-order chi connectivity index (χ0) is 13.7. The van der Waals surface area contributed by atoms with Crippen LogP contribution in [0.2, 0.25) is 0 Å². The van der Waals surface area contributed by atoms with Gasteiger partial charge >= 0.3 is 5.97 Å². The number of benzene rings is 1. The van der Waals surface area contributed by atoms with Crippen LogP contribution in [-0.4, -0.2) is 36.8 Å². The van der Waals surface area contributed by atoms with E-state index in [2.05, 4.69) is 29.3 Å². The van der Waals surface area contributed by atoms with Crippen molar-refractivity contribution >= 4 is 11.7 Å². The number of carboxylic acids is 1. The van der Waals surface area contributed by atoms with E-state index < -0.39 is 5.97 Å². The predicted octanol–water partition coefficient (Wildman–Crippen LogP) is 1.89. The first kappa shape index (κ1) is 13.9. The van der Waals surface area contributed by atoms with Crippen LogP contribution in [0.4, 0.5) is 5.69 Å². The van der Waals surface area contributed by atoms with Gasteiger partial charge in [-0.2, -0.15) is 0 Å². The summed E-state index contributed by atoms with van der Waals surface area (Å²) in [6, 6.07) is 8.35. The van der Waals surface area contributed by atoms with Gasteiger partial charge in [0.05, 0.1) is 12.5 Å². The highest BCUT2D eigenvalue weighted by Gasteiger charge is 2.24. The number of nitrogens with one attached hydrogen (secondary N) is 1. The minimum Gasteiger partial charge on any atom is -0.481 e. The molecule has 0 spiro atoms. The van der Waals surface area contributed by atoms with Crippen molar-refractivity contribution in [2.24, 2.45) is 0 Å². The number of hydrogen-bond acceptors (Lipinski definition) is 3. The van der Waals surface area contributed by atoms with E-state index in [1.54, 1.807) is 0 Å². The number of hydrogen-bond donors (Lipinski definition) is 2. The molecule has 0 aliphatic carbocycles. The number of aliphatic carboxylic acids is 1. The first-order valence-electron chi connectivity index (χ1n) is 6.99. The summed E-state index contributed by atoms with van der Waals surface area (Å²) in [6.07, 6.45) is 2.21. The van der Waals surface area contributed by atoms with Gasteiger partial charge in [-0.1, -0.05) is 25.1 Å². The van der Waals surface area contributed by atoms with Crippen molar-refractivity contribution in [2.75, 3.05) is 24.5 Å². The summed E-state index contributed by atoms with van der Waals surface area (Å²) < 4.78 is 0. The zero-order valence-electron chi connectivity index (χ0n) is 11.4. The maximum absolute atomic E-state index is 11.1. The van der Waals surface area contributed by atoms with Crippen LogP contribution in [-0.2, 0) is 11.2 Å². The van der Waals surface area contributed by atoms with Gasteiger partial charge in [-0.25, -0.2) is 0 Å². The van der Waals surface area contributed by atoms with E-state index in [9.17, 15) is 4.79 Å². The lowest BCUT2D eigenvalue weighted by atomic mass is 10.1. The summed E-state index contributed by atoms with van der Waals surface area (Å²) in [7, 11) is 0. The van der Waals surface area contributed by atoms with Crippen molar-refractivity contribution in [3.8, 4) is 0 Å². The fraction of sp³-hybridized carbons (Fsp3) is 0.533. The molecule has 1 saturated heterocycles. The van der Waals surface area contributed by atoms with E-state index in [4.69, 9.17) is 5.11 Å². The molecular formula is C15H22N2O2. The largest absolute Gasteiger partial charge is 0.481 e. The van der Waals surface area contributed by atoms with E-state index in [0.29, 0.717) is 0 Å². The minimum atomic E-state index is -0.729. The molecule has 1 aromatic rings. The SMILES string of the molecule is CCc1ccccc1N1CCCNCC1CC(=O)O. The molecule has 1 aliphatic heterocycles. The van der Waals surface area contributed by atoms with Crippen LogP contribution in [0.5, 0.6) is 0 Å². The summed E-state index contributed by atoms with van der Waals surface area (Å²) in [5.74, 6) is -0.729. The molecule has 1 heterocycles. The van der Waals surface area contributed by atoms with Crippen LogP contribution in [0, 0.1) is 0 Å². The van der Waals surface area contributed by atoms with Crippen LogP contribution in [0.25, 0.3) is 0 Å². The van der Waals surface area contributed by atoms with Crippen LogP contribution in [0.1, 0.15) is 25.3 Å². The van der Waals surface area contributed by atoms with Crippen molar-refractivity contribution in [3.63, 3.8) is 0 Å². The molecule has 0 bridgehead atoms. The van der Waals surface area contributed by atoms with Gasteiger partial charge in [0.1, 0.15) is 0 Å². The fourth-order valence-corrected chi connectivity index (χ4v) is 2.73. The molecule has 4 nitrogen and oxygen atoms in total. The van der Waals surface area contributed by atoms with Gasteiger partial charge in [0.25, 0.3) is 0 Å². The summed E-state index contributed by atoms with van der Waals surface area (Å²) in [6.45, 7) is 4.76. The first-order chi connectivity index (χ1) is 9.22. The van der Waals surface area contributed by atoms with E-state index in [0.717, 1.165) is 32.5 Å². The average molecular weight is 262 g/mol. The molecule has 0 radical (unpaired) electrons. The molecule has 1 aliphatic rings. The number of rotatable bonds is 4. The third-order valence-electron chi connectivity index (χ3n) is 3.67. The van der Waals surface area contributed by atoms with Gasteiger partial charge in [0, 0.05) is 18.8 Å². The number of carboxylic acid groups (broad SMARTS) is 1. The Morgan fingerprint density at radius 1 is 1.47 bits per heavy atom. The molecule has 1 unspecified atom stereocenters. The molecule has 0 aromatic heterocycles. The van der Waals surface area contributed by atoms with Crippen molar-refractivity contribution < 1.29 is 9.90 Å². The first-order valence-corrected chi connectivity index (χ1v) is 6.99. The molecule has 1 atom stereocenters. The molecular weight excluding hydrogens is 240 g/mol. The van der Waals surface area contributed by atoms with Crippen molar-refractivity contribution in [1.29, 1.82) is 0 Å². The highest BCUT2D eigenvalue weighted by molar-refractivity contribution is 5.69. The maximum atomic E-state index is 11.1. The lowest BCUT2D eigenvalue weighted by Gasteiger charge is -2.32. The number of para-hydroxylation sites is 1. The minimum absolute atomic E-state index is 0.0349. The van der Waals surface area contributed by atoms with Gasteiger partial charge in [-0.3, -0.25) is 4.79 Å². The van der Waals surface area contributed by atoms with Gasteiger partial charge in [0.2, 0.25) is 0 Å². The summed E-state index contributed by atoms with van der Waals surface area (Å²) in [5.41, 5.74) is 2.49. The fourth-order valence-electron chi connectivity index (χ4n) is 2.73. The number of carbonyl (C=O) groups is 1. The second kappa shape index (κ2) is 6.57. The third-order valence-corrected chi connectivity index (χ3v) is 3.67. The van der Waals surface area contributed by atoms with E-state index in [1.165, 1.54) is 11.3 Å². The summed E-state index contributed by atoms with van der Waals surface area (Å²) in [5, 5.41) is 12.4. The normalized spacial score (nSPS) is 20.1. The molecule has 2 N–H and O–H groups in total. The van der Waals surface area contributed by atoms with Gasteiger partial charge in [-0.15, -0.1) is 0 Å². The Morgan fingerprint density at radius 3 is 3.00 bits per heavy atom. The highest BCUT2D eigenvalue weighted by Crippen LogP contribution is 2.25. The molecule has 19 heavy (non-hydrogen) atoms. The third kappa shape index (κ3) is 3.47. The smallest absolute Gasteiger partial charge is 0.305 e. The second-order valence-electron chi connectivity index (χ2n) is 4.99. The molecule has 1 fully saturated rings. The Hall–Kier alpha value is -1.55. The number of nitrogens with zero attached hydrogens (tertiary/aromatic N) is 1. The molecule has 2 rings (SSSR count). The Morgan fingerprint density at radius 2 is 2.26 bits per heavy atom. The number of aryl methyl sites for hydroxylation is 1. The summed E-state index contributed by atoms with van der Waals surface area (Å²) in [4.78, 5) is 13.3. The standard InChI is InChI=1S/C15H22N2O2/c1-2-12-6-3-4-7-14(12)17-9-5-8-16-11-13(17)10-15(18)19/h3-4,6-7,13,16H,2,5,8-11H2,1H3,(H,18,19). The average Bonchev–Trinajstić information content (AvgIpc) is 2.63. The number of anilines is 1. The monoisotopic (exact) mass is 262 g/mol. The van der Waals surface area contributed by atoms with Crippen molar-refractivity contribution in [2.45, 2.75) is 32.2 Å². The Kier molecular flexibility index (Phi) is 4.80. The van der Waals surface area contributed by atoms with Gasteiger partial charge in [0.15, 0.2) is 0 Å². The van der Waals surface area contributed by atoms with Crippen LogP contribution >= 0.6 is 0 Å². The zero-order valence-corrected chi connectivity index (χ0v) is 11.4. The van der Waals surface area contributed by atoms with Crippen LogP contribution in [0.15, 0.2) is 24.3 Å². The van der Waals surface area contributed by atoms with E-state index in [-0.39, 0.29) is 12.5 Å². The molecule has 4 heteroatoms. The summed E-state index contributed by atoms with van der Waals surface area (Å²) >= 11 is 0. The molecule has 1 aromatic carbocycles. The quantitative estimate of drug-likeness (QED) is 0.870. The van der Waals surface area contributed by atoms with Crippen LogP contribution in [0.3, 0.4) is 0 Å². The van der Waals surface area contributed by atoms with Gasteiger partial charge < -0.3 is 15.3 Å². The van der Waals surface area contributed by atoms with Crippen molar-refractivity contribution in [1.82, 2.24) is 5.32 Å². The van der Waals surface area contributed by atoms with Gasteiger partial charge in [-0.05, 0) is 31.0 Å². The highest BCUT2D eigenvalue weighted by atomic mass is 16.4. The Labute approximate surface area is 114 Å². The molecule has 0 saturated carbocycles. The van der Waals surface area contributed by atoms with Crippen molar-refractivity contribution in [3.05, 3.63) is 29.8 Å². The van der Waals surface area contributed by atoms with E-state index in [1.807, 2.05) is 12.1 Å². The Balaban J connectivity index is 2.28. The lowest BCUT2D eigenvalue weighted by Crippen LogP contribution is -2.41. The van der Waals surface area contributed by atoms with E-state index >= 15 is 0 Å². The van der Waals surface area contributed by atoms with Crippen LogP contribution < -0.4 is 10.2 Å². The Bertz CT molecular complexity index is 434. The molecule has 0 amide bonds. The predicted molar refractivity (Wildman–Crippen MR) is 76.7 cm³/mol.